The number of halogens is 1. The maximum absolute atomic E-state index is 5.94. The van der Waals surface area contributed by atoms with E-state index < -0.39 is 0 Å². The van der Waals surface area contributed by atoms with Crippen molar-refractivity contribution in [3.8, 4) is 0 Å². The van der Waals surface area contributed by atoms with Crippen LogP contribution < -0.4 is 5.32 Å². The van der Waals surface area contributed by atoms with Crippen LogP contribution in [0.3, 0.4) is 0 Å². The molecule has 80 valence electrons. The van der Waals surface area contributed by atoms with Gasteiger partial charge in [-0.15, -0.1) is 0 Å². The van der Waals surface area contributed by atoms with Crippen LogP contribution in [0.5, 0.6) is 0 Å². The van der Waals surface area contributed by atoms with Gasteiger partial charge in [0.05, 0.1) is 0 Å². The van der Waals surface area contributed by atoms with Gasteiger partial charge < -0.3 is 9.73 Å². The number of oxazole rings is 1. The summed E-state index contributed by atoms with van der Waals surface area (Å²) in [7, 11) is 1.91. The summed E-state index contributed by atoms with van der Waals surface area (Å²) in [5.41, 5.74) is 2.71. The predicted molar refractivity (Wildman–Crippen MR) is 61.4 cm³/mol. The van der Waals surface area contributed by atoms with Crippen molar-refractivity contribution in [3.63, 3.8) is 0 Å². The highest BCUT2D eigenvalue weighted by atomic mass is 35.5. The number of benzene rings is 1. The SMILES string of the molecule is CNCCc1nc2cc(Cl)cc(C)c2o1. The van der Waals surface area contributed by atoms with Gasteiger partial charge in [0.25, 0.3) is 0 Å². The van der Waals surface area contributed by atoms with Gasteiger partial charge in [-0.25, -0.2) is 4.98 Å². The van der Waals surface area contributed by atoms with Crippen molar-refractivity contribution in [2.24, 2.45) is 0 Å². The van der Waals surface area contributed by atoms with E-state index in [9.17, 15) is 0 Å². The lowest BCUT2D eigenvalue weighted by Crippen LogP contribution is -2.10. The van der Waals surface area contributed by atoms with E-state index in [0.29, 0.717) is 5.02 Å². The number of likely N-dealkylation sites (N-methyl/N-ethyl adjacent to an activating group) is 1. The molecule has 4 heteroatoms. The van der Waals surface area contributed by atoms with Crippen molar-refractivity contribution in [2.45, 2.75) is 13.3 Å². The van der Waals surface area contributed by atoms with Gasteiger partial charge in [0.15, 0.2) is 11.5 Å². The highest BCUT2D eigenvalue weighted by Gasteiger charge is 2.08. The van der Waals surface area contributed by atoms with Crippen LogP contribution in [0.1, 0.15) is 11.5 Å². The second kappa shape index (κ2) is 4.21. The van der Waals surface area contributed by atoms with Crippen LogP contribution in [0.2, 0.25) is 5.02 Å². The molecule has 0 radical (unpaired) electrons. The number of aryl methyl sites for hydroxylation is 1. The third-order valence-electron chi connectivity index (χ3n) is 2.27. The van der Waals surface area contributed by atoms with Gasteiger partial charge in [0.2, 0.25) is 0 Å². The molecule has 3 nitrogen and oxygen atoms in total. The molecule has 1 heterocycles. The average molecular weight is 225 g/mol. The molecule has 0 atom stereocenters. The lowest BCUT2D eigenvalue weighted by atomic mass is 10.2. The number of nitrogens with zero attached hydrogens (tertiary/aromatic N) is 1. The maximum Gasteiger partial charge on any atom is 0.196 e. The first-order valence-corrected chi connectivity index (χ1v) is 5.28. The Bertz CT molecular complexity index is 479. The molecule has 2 aromatic rings. The first kappa shape index (κ1) is 10.5. The molecule has 15 heavy (non-hydrogen) atoms. The van der Waals surface area contributed by atoms with Gasteiger partial charge in [0.1, 0.15) is 5.52 Å². The van der Waals surface area contributed by atoms with E-state index in [0.717, 1.165) is 35.5 Å². The first-order chi connectivity index (χ1) is 7.20. The summed E-state index contributed by atoms with van der Waals surface area (Å²) >= 11 is 5.94. The van der Waals surface area contributed by atoms with Crippen molar-refractivity contribution in [1.29, 1.82) is 0 Å². The Labute approximate surface area is 93.4 Å². The largest absolute Gasteiger partial charge is 0.440 e. The fourth-order valence-electron chi connectivity index (χ4n) is 1.54. The molecular formula is C11H13ClN2O. The monoisotopic (exact) mass is 224 g/mol. The van der Waals surface area contributed by atoms with Crippen molar-refractivity contribution >= 4 is 22.7 Å². The number of nitrogens with one attached hydrogen (secondary N) is 1. The van der Waals surface area contributed by atoms with Crippen LogP contribution in [-0.2, 0) is 6.42 Å². The Morgan fingerprint density at radius 3 is 3.00 bits per heavy atom. The van der Waals surface area contributed by atoms with Gasteiger partial charge in [0, 0.05) is 18.0 Å². The van der Waals surface area contributed by atoms with Crippen molar-refractivity contribution in [3.05, 3.63) is 28.6 Å². The van der Waals surface area contributed by atoms with Gasteiger partial charge >= 0.3 is 0 Å². The van der Waals surface area contributed by atoms with E-state index in [4.69, 9.17) is 16.0 Å². The Morgan fingerprint density at radius 1 is 1.47 bits per heavy atom. The van der Waals surface area contributed by atoms with E-state index in [2.05, 4.69) is 10.3 Å². The van der Waals surface area contributed by atoms with Crippen LogP contribution in [0, 0.1) is 6.92 Å². The van der Waals surface area contributed by atoms with E-state index in [-0.39, 0.29) is 0 Å². The molecule has 0 aliphatic carbocycles. The van der Waals surface area contributed by atoms with Crippen LogP contribution >= 0.6 is 11.6 Å². The molecule has 1 aromatic heterocycles. The Hall–Kier alpha value is -1.06. The first-order valence-electron chi connectivity index (χ1n) is 4.91. The number of rotatable bonds is 3. The summed E-state index contributed by atoms with van der Waals surface area (Å²) in [5, 5.41) is 3.76. The van der Waals surface area contributed by atoms with Gasteiger partial charge in [-0.05, 0) is 31.7 Å². The molecule has 2 rings (SSSR count). The summed E-state index contributed by atoms with van der Waals surface area (Å²) < 4.78 is 5.65. The highest BCUT2D eigenvalue weighted by molar-refractivity contribution is 6.31. The molecule has 0 saturated heterocycles. The molecule has 0 fully saturated rings. The average Bonchev–Trinajstić information content (AvgIpc) is 2.57. The number of fused-ring (bicyclic) bond motifs is 1. The normalized spacial score (nSPS) is 11.1. The molecule has 0 spiro atoms. The topological polar surface area (TPSA) is 38.1 Å². The second-order valence-corrected chi connectivity index (χ2v) is 3.97. The Balaban J connectivity index is 2.41. The quantitative estimate of drug-likeness (QED) is 0.871. The number of hydrogen-bond acceptors (Lipinski definition) is 3. The van der Waals surface area contributed by atoms with Gasteiger partial charge in [-0.1, -0.05) is 11.6 Å². The predicted octanol–water partition coefficient (Wildman–Crippen LogP) is 2.55. The molecule has 0 amide bonds. The van der Waals surface area contributed by atoms with Crippen molar-refractivity contribution < 1.29 is 4.42 Å². The van der Waals surface area contributed by atoms with Crippen molar-refractivity contribution in [1.82, 2.24) is 10.3 Å². The lowest BCUT2D eigenvalue weighted by molar-refractivity contribution is 0.521. The van der Waals surface area contributed by atoms with E-state index in [1.54, 1.807) is 0 Å². The van der Waals surface area contributed by atoms with Gasteiger partial charge in [-0.2, -0.15) is 0 Å². The minimum absolute atomic E-state index is 0.702. The summed E-state index contributed by atoms with van der Waals surface area (Å²) in [6.45, 7) is 2.83. The summed E-state index contributed by atoms with van der Waals surface area (Å²) in [5.74, 6) is 0.754. The van der Waals surface area contributed by atoms with Crippen molar-refractivity contribution in [2.75, 3.05) is 13.6 Å². The zero-order valence-electron chi connectivity index (χ0n) is 8.80. The summed E-state index contributed by atoms with van der Waals surface area (Å²) in [6, 6.07) is 3.72. The molecular weight excluding hydrogens is 212 g/mol. The standard InChI is InChI=1S/C11H13ClN2O/c1-7-5-8(12)6-9-11(7)15-10(14-9)3-4-13-2/h5-6,13H,3-4H2,1-2H3. The molecule has 0 bridgehead atoms. The van der Waals surface area contributed by atoms with Crippen LogP contribution in [0.25, 0.3) is 11.1 Å². The Kier molecular flexibility index (Phi) is 2.93. The third kappa shape index (κ3) is 2.13. The minimum Gasteiger partial charge on any atom is -0.440 e. The van der Waals surface area contributed by atoms with Crippen LogP contribution in [0.4, 0.5) is 0 Å². The fourth-order valence-corrected chi connectivity index (χ4v) is 1.81. The molecule has 0 saturated carbocycles. The zero-order valence-corrected chi connectivity index (χ0v) is 9.56. The van der Waals surface area contributed by atoms with E-state index in [1.807, 2.05) is 26.1 Å². The second-order valence-electron chi connectivity index (χ2n) is 3.53. The lowest BCUT2D eigenvalue weighted by Gasteiger charge is -1.94. The molecule has 0 aliphatic rings. The fraction of sp³-hybridized carbons (Fsp3) is 0.364. The smallest absolute Gasteiger partial charge is 0.196 e. The number of hydrogen-bond donors (Lipinski definition) is 1. The molecule has 1 N–H and O–H groups in total. The molecule has 1 aromatic carbocycles. The van der Waals surface area contributed by atoms with Gasteiger partial charge in [-0.3, -0.25) is 0 Å². The molecule has 0 unspecified atom stereocenters. The minimum atomic E-state index is 0.702. The van der Waals surface area contributed by atoms with E-state index >= 15 is 0 Å². The number of aromatic nitrogens is 1. The van der Waals surface area contributed by atoms with Crippen LogP contribution in [0.15, 0.2) is 16.5 Å². The zero-order chi connectivity index (χ0) is 10.8. The Morgan fingerprint density at radius 2 is 2.27 bits per heavy atom. The highest BCUT2D eigenvalue weighted by Crippen LogP contribution is 2.24. The van der Waals surface area contributed by atoms with Crippen LogP contribution in [-0.4, -0.2) is 18.6 Å². The molecule has 0 aliphatic heterocycles. The third-order valence-corrected chi connectivity index (χ3v) is 2.49. The maximum atomic E-state index is 5.94. The summed E-state index contributed by atoms with van der Waals surface area (Å²) in [4.78, 5) is 4.38. The summed E-state index contributed by atoms with van der Waals surface area (Å²) in [6.07, 6.45) is 0.794. The van der Waals surface area contributed by atoms with E-state index in [1.165, 1.54) is 0 Å².